The second kappa shape index (κ2) is 9.09. The number of nitrogens with zero attached hydrogens (tertiary/aromatic N) is 1. The van der Waals surface area contributed by atoms with Gasteiger partial charge in [-0.25, -0.2) is 12.8 Å². The topological polar surface area (TPSA) is 66.5 Å². The summed E-state index contributed by atoms with van der Waals surface area (Å²) >= 11 is 0. The Labute approximate surface area is 176 Å². The maximum absolute atomic E-state index is 13.8. The summed E-state index contributed by atoms with van der Waals surface area (Å²) in [4.78, 5) is 12.7. The van der Waals surface area contributed by atoms with Gasteiger partial charge >= 0.3 is 0 Å². The van der Waals surface area contributed by atoms with E-state index in [2.05, 4.69) is 5.32 Å². The van der Waals surface area contributed by atoms with Crippen molar-refractivity contribution in [1.82, 2.24) is 5.32 Å². The highest BCUT2D eigenvalue weighted by Gasteiger charge is 2.27. The van der Waals surface area contributed by atoms with Gasteiger partial charge in [0.1, 0.15) is 12.4 Å². The summed E-state index contributed by atoms with van der Waals surface area (Å²) < 4.78 is 41.4. The van der Waals surface area contributed by atoms with Crippen LogP contribution in [0.5, 0.6) is 0 Å². The SMILES string of the molecule is Cc1ccc(N(CC(=O)NCc2ccccc2F)S(=O)(=O)c2ccccc2)cc1C. The Kier molecular flexibility index (Phi) is 6.52. The van der Waals surface area contributed by atoms with Crippen molar-refractivity contribution in [3.8, 4) is 0 Å². The predicted molar refractivity (Wildman–Crippen MR) is 115 cm³/mol. The maximum Gasteiger partial charge on any atom is 0.264 e. The first-order valence-corrected chi connectivity index (χ1v) is 10.9. The quantitative estimate of drug-likeness (QED) is 0.622. The highest BCUT2D eigenvalue weighted by Crippen LogP contribution is 2.25. The maximum atomic E-state index is 13.8. The van der Waals surface area contributed by atoms with Crippen molar-refractivity contribution >= 4 is 21.6 Å². The number of hydrogen-bond donors (Lipinski definition) is 1. The van der Waals surface area contributed by atoms with Crippen LogP contribution in [-0.2, 0) is 21.4 Å². The molecule has 0 radical (unpaired) electrons. The van der Waals surface area contributed by atoms with E-state index >= 15 is 0 Å². The van der Waals surface area contributed by atoms with E-state index in [-0.39, 0.29) is 11.4 Å². The second-order valence-corrected chi connectivity index (χ2v) is 8.82. The fourth-order valence-electron chi connectivity index (χ4n) is 2.94. The highest BCUT2D eigenvalue weighted by molar-refractivity contribution is 7.92. The van der Waals surface area contributed by atoms with E-state index < -0.39 is 28.3 Å². The second-order valence-electron chi connectivity index (χ2n) is 6.96. The Bertz CT molecular complexity index is 1150. The molecule has 7 heteroatoms. The Hall–Kier alpha value is -3.19. The molecule has 5 nitrogen and oxygen atoms in total. The molecule has 0 atom stereocenters. The third kappa shape index (κ3) is 4.86. The van der Waals surface area contributed by atoms with Gasteiger partial charge in [0, 0.05) is 12.1 Å². The number of carbonyl (C=O) groups is 1. The number of amides is 1. The molecule has 3 rings (SSSR count). The molecule has 0 aromatic heterocycles. The van der Waals surface area contributed by atoms with Gasteiger partial charge in [-0.05, 0) is 55.3 Å². The van der Waals surface area contributed by atoms with E-state index in [0.717, 1.165) is 15.4 Å². The summed E-state index contributed by atoms with van der Waals surface area (Å²) in [5.41, 5.74) is 2.64. The van der Waals surface area contributed by atoms with Gasteiger partial charge in [-0.15, -0.1) is 0 Å². The van der Waals surface area contributed by atoms with Crippen LogP contribution in [0, 0.1) is 19.7 Å². The summed E-state index contributed by atoms with van der Waals surface area (Å²) in [5.74, 6) is -0.961. The van der Waals surface area contributed by atoms with E-state index in [0.29, 0.717) is 11.3 Å². The van der Waals surface area contributed by atoms with Crippen LogP contribution in [0.3, 0.4) is 0 Å². The van der Waals surface area contributed by atoms with Crippen LogP contribution in [0.1, 0.15) is 16.7 Å². The summed E-state index contributed by atoms with van der Waals surface area (Å²) in [6, 6.07) is 19.3. The van der Waals surface area contributed by atoms with Crippen LogP contribution < -0.4 is 9.62 Å². The number of benzene rings is 3. The molecule has 3 aromatic rings. The Morgan fingerprint density at radius 3 is 2.27 bits per heavy atom. The van der Waals surface area contributed by atoms with Gasteiger partial charge < -0.3 is 5.32 Å². The lowest BCUT2D eigenvalue weighted by molar-refractivity contribution is -0.119. The molecule has 1 amide bonds. The van der Waals surface area contributed by atoms with Crippen molar-refractivity contribution in [2.75, 3.05) is 10.8 Å². The van der Waals surface area contributed by atoms with Crippen molar-refractivity contribution in [2.45, 2.75) is 25.3 Å². The lowest BCUT2D eigenvalue weighted by Gasteiger charge is -2.25. The first-order valence-electron chi connectivity index (χ1n) is 9.44. The van der Waals surface area contributed by atoms with Gasteiger partial charge in [0.05, 0.1) is 10.6 Å². The van der Waals surface area contributed by atoms with E-state index in [1.165, 1.54) is 18.2 Å². The van der Waals surface area contributed by atoms with Crippen LogP contribution in [0.4, 0.5) is 10.1 Å². The first kappa shape index (κ1) is 21.5. The van der Waals surface area contributed by atoms with Crippen molar-refractivity contribution in [2.24, 2.45) is 0 Å². The molecule has 0 heterocycles. The molecule has 1 N–H and O–H groups in total. The van der Waals surface area contributed by atoms with Crippen LogP contribution in [0.25, 0.3) is 0 Å². The minimum atomic E-state index is -3.97. The predicted octanol–water partition coefficient (Wildman–Crippen LogP) is 3.95. The van der Waals surface area contributed by atoms with Gasteiger partial charge in [-0.3, -0.25) is 9.10 Å². The Morgan fingerprint density at radius 2 is 1.60 bits per heavy atom. The molecule has 0 spiro atoms. The van der Waals surface area contributed by atoms with E-state index in [1.807, 2.05) is 19.9 Å². The molecule has 0 aliphatic heterocycles. The Balaban J connectivity index is 1.88. The number of hydrogen-bond acceptors (Lipinski definition) is 3. The van der Waals surface area contributed by atoms with Crippen LogP contribution >= 0.6 is 0 Å². The molecule has 0 bridgehead atoms. The van der Waals surface area contributed by atoms with Crippen molar-refractivity contribution in [1.29, 1.82) is 0 Å². The standard InChI is InChI=1S/C23H23FN2O3S/c1-17-12-13-20(14-18(17)2)26(30(28,29)21-9-4-3-5-10-21)16-23(27)25-15-19-8-6-7-11-22(19)24/h3-14H,15-16H2,1-2H3,(H,25,27). The zero-order valence-electron chi connectivity index (χ0n) is 16.8. The number of nitrogens with one attached hydrogen (secondary N) is 1. The molecule has 3 aromatic carbocycles. The van der Waals surface area contributed by atoms with Gasteiger partial charge in [0.15, 0.2) is 0 Å². The molecule has 0 saturated carbocycles. The fraction of sp³-hybridized carbons (Fsp3) is 0.174. The molecule has 0 unspecified atom stereocenters. The number of aryl methyl sites for hydroxylation is 2. The molecule has 0 aliphatic rings. The first-order chi connectivity index (χ1) is 14.3. The average molecular weight is 427 g/mol. The molecule has 0 aliphatic carbocycles. The van der Waals surface area contributed by atoms with E-state index in [9.17, 15) is 17.6 Å². The van der Waals surface area contributed by atoms with Crippen molar-refractivity contribution in [3.63, 3.8) is 0 Å². The van der Waals surface area contributed by atoms with Crippen LogP contribution in [0.2, 0.25) is 0 Å². The van der Waals surface area contributed by atoms with Gasteiger partial charge in [0.25, 0.3) is 10.0 Å². The zero-order valence-corrected chi connectivity index (χ0v) is 17.6. The third-order valence-corrected chi connectivity index (χ3v) is 6.62. The molecule has 0 saturated heterocycles. The molecular formula is C23H23FN2O3S. The number of rotatable bonds is 7. The smallest absolute Gasteiger partial charge is 0.264 e. The number of halogens is 1. The largest absolute Gasteiger partial charge is 0.350 e. The van der Waals surface area contributed by atoms with Gasteiger partial charge in [-0.1, -0.05) is 42.5 Å². The van der Waals surface area contributed by atoms with Gasteiger partial charge in [-0.2, -0.15) is 0 Å². The fourth-order valence-corrected chi connectivity index (χ4v) is 4.37. The van der Waals surface area contributed by atoms with Crippen LogP contribution in [0.15, 0.2) is 77.7 Å². The monoisotopic (exact) mass is 426 g/mol. The van der Waals surface area contributed by atoms with E-state index in [1.54, 1.807) is 48.5 Å². The summed E-state index contributed by atoms with van der Waals surface area (Å²) in [6.45, 7) is 3.35. The van der Waals surface area contributed by atoms with Crippen molar-refractivity contribution in [3.05, 3.63) is 95.3 Å². The lowest BCUT2D eigenvalue weighted by Crippen LogP contribution is -2.40. The number of sulfonamides is 1. The summed E-state index contributed by atoms with van der Waals surface area (Å²) in [7, 11) is -3.97. The third-order valence-electron chi connectivity index (χ3n) is 4.83. The van der Waals surface area contributed by atoms with Gasteiger partial charge in [0.2, 0.25) is 5.91 Å². The Morgan fingerprint density at radius 1 is 0.933 bits per heavy atom. The molecule has 156 valence electrons. The van der Waals surface area contributed by atoms with E-state index in [4.69, 9.17) is 0 Å². The average Bonchev–Trinajstić information content (AvgIpc) is 2.74. The number of anilines is 1. The minimum Gasteiger partial charge on any atom is -0.350 e. The normalized spacial score (nSPS) is 11.2. The zero-order chi connectivity index (χ0) is 21.7. The minimum absolute atomic E-state index is 0.0301. The molecule has 0 fully saturated rings. The highest BCUT2D eigenvalue weighted by atomic mass is 32.2. The van der Waals surface area contributed by atoms with Crippen LogP contribution in [-0.4, -0.2) is 20.9 Å². The summed E-state index contributed by atoms with van der Waals surface area (Å²) in [5, 5.41) is 2.60. The summed E-state index contributed by atoms with van der Waals surface area (Å²) in [6.07, 6.45) is 0. The van der Waals surface area contributed by atoms with Crippen molar-refractivity contribution < 1.29 is 17.6 Å². The number of carbonyl (C=O) groups excluding carboxylic acids is 1. The lowest BCUT2D eigenvalue weighted by atomic mass is 10.1. The molecule has 30 heavy (non-hydrogen) atoms. The molecular weight excluding hydrogens is 403 g/mol.